The van der Waals surface area contributed by atoms with Crippen molar-refractivity contribution in [1.29, 1.82) is 5.26 Å². The van der Waals surface area contributed by atoms with Crippen LogP contribution >= 0.6 is 0 Å². The Morgan fingerprint density at radius 1 is 1.06 bits per heavy atom. The molecule has 0 aromatic heterocycles. The first kappa shape index (κ1) is 9.18. The maximum atomic E-state index is 9.32. The van der Waals surface area contributed by atoms with Crippen molar-refractivity contribution in [2.24, 2.45) is 0 Å². The van der Waals surface area contributed by atoms with E-state index in [1.165, 1.54) is 16.3 Å². The molecule has 0 unspecified atom stereocenters. The molecule has 0 amide bonds. The normalized spacial score (nSPS) is 15.4. The van der Waals surface area contributed by atoms with Gasteiger partial charge in [0.1, 0.15) is 6.07 Å². The smallest absolute Gasteiger partial charge is 0.100 e. The fourth-order valence-corrected chi connectivity index (χ4v) is 2.39. The second-order valence-corrected chi connectivity index (χ2v) is 4.10. The summed E-state index contributed by atoms with van der Waals surface area (Å²) in [6.45, 7) is 0. The fourth-order valence-electron chi connectivity index (χ4n) is 2.39. The molecule has 76 valence electrons. The van der Waals surface area contributed by atoms with Crippen LogP contribution in [0.2, 0.25) is 0 Å². The summed E-state index contributed by atoms with van der Waals surface area (Å²) < 4.78 is 0. The van der Waals surface area contributed by atoms with Gasteiger partial charge < -0.3 is 0 Å². The molecule has 0 saturated carbocycles. The molecule has 0 fully saturated rings. The van der Waals surface area contributed by atoms with E-state index in [4.69, 9.17) is 0 Å². The summed E-state index contributed by atoms with van der Waals surface area (Å²) in [6, 6.07) is 4.58. The molecular formula is C15H11N. The molecule has 2 aliphatic carbocycles. The average Bonchev–Trinajstić information content (AvgIpc) is 2.36. The standard InChI is InChI=1S/C15H11N/c16-10-15-13-7-3-1-5-11(13)9-12-6-2-4-8-14(12)15/h1-5,8-9H,6-7H2. The van der Waals surface area contributed by atoms with Gasteiger partial charge in [0.05, 0.1) is 5.56 Å². The van der Waals surface area contributed by atoms with E-state index in [9.17, 15) is 5.26 Å². The molecule has 0 spiro atoms. The molecule has 0 N–H and O–H groups in total. The predicted molar refractivity (Wildman–Crippen MR) is 65.0 cm³/mol. The molecule has 2 aliphatic rings. The monoisotopic (exact) mass is 205 g/mol. The van der Waals surface area contributed by atoms with Crippen LogP contribution in [-0.4, -0.2) is 0 Å². The molecule has 1 aromatic rings. The molecule has 0 heterocycles. The summed E-state index contributed by atoms with van der Waals surface area (Å²) in [6.07, 6.45) is 14.3. The number of hydrogen-bond acceptors (Lipinski definition) is 1. The number of nitriles is 1. The fraction of sp³-hybridized carbons (Fsp3) is 0.133. The van der Waals surface area contributed by atoms with Crippen molar-refractivity contribution >= 4 is 12.2 Å². The zero-order chi connectivity index (χ0) is 11.0. The molecule has 3 rings (SSSR count). The third-order valence-electron chi connectivity index (χ3n) is 3.18. The van der Waals surface area contributed by atoms with Crippen molar-refractivity contribution in [3.05, 3.63) is 57.5 Å². The Kier molecular flexibility index (Phi) is 2.01. The van der Waals surface area contributed by atoms with E-state index in [-0.39, 0.29) is 0 Å². The molecule has 1 heteroatoms. The maximum Gasteiger partial charge on any atom is 0.100 e. The summed E-state index contributed by atoms with van der Waals surface area (Å²) in [5.74, 6) is 0. The van der Waals surface area contributed by atoms with Gasteiger partial charge in [0.2, 0.25) is 0 Å². The predicted octanol–water partition coefficient (Wildman–Crippen LogP) is 1.34. The number of hydrogen-bond donors (Lipinski definition) is 0. The van der Waals surface area contributed by atoms with Gasteiger partial charge in [-0.3, -0.25) is 0 Å². The van der Waals surface area contributed by atoms with Crippen molar-refractivity contribution in [1.82, 2.24) is 0 Å². The third-order valence-corrected chi connectivity index (χ3v) is 3.18. The minimum absolute atomic E-state index is 0.859. The zero-order valence-corrected chi connectivity index (χ0v) is 8.90. The molecule has 0 bridgehead atoms. The van der Waals surface area contributed by atoms with Gasteiger partial charge in [-0.1, -0.05) is 42.5 Å². The summed E-state index contributed by atoms with van der Waals surface area (Å²) in [7, 11) is 0. The van der Waals surface area contributed by atoms with Gasteiger partial charge in [-0.05, 0) is 34.4 Å². The molecule has 1 nitrogen and oxygen atoms in total. The SMILES string of the molecule is N#Cc1c2c(cc3c1=CC=CC3)=CC=CC2. The lowest BCUT2D eigenvalue weighted by atomic mass is 9.91. The van der Waals surface area contributed by atoms with E-state index in [2.05, 4.69) is 42.5 Å². The Balaban J connectivity index is 2.47. The highest BCUT2D eigenvalue weighted by Gasteiger charge is 2.11. The van der Waals surface area contributed by atoms with Gasteiger partial charge in [0, 0.05) is 0 Å². The van der Waals surface area contributed by atoms with E-state index < -0.39 is 0 Å². The Morgan fingerprint density at radius 3 is 2.75 bits per heavy atom. The highest BCUT2D eigenvalue weighted by atomic mass is 14.3. The first-order valence-electron chi connectivity index (χ1n) is 5.49. The topological polar surface area (TPSA) is 23.8 Å². The highest BCUT2D eigenvalue weighted by Crippen LogP contribution is 2.08. The quantitative estimate of drug-likeness (QED) is 0.627. The largest absolute Gasteiger partial charge is 0.192 e. The molecule has 0 atom stereocenters. The van der Waals surface area contributed by atoms with Gasteiger partial charge in [-0.2, -0.15) is 5.26 Å². The first-order valence-corrected chi connectivity index (χ1v) is 5.49. The molecule has 1 aromatic carbocycles. The second-order valence-electron chi connectivity index (χ2n) is 4.10. The minimum Gasteiger partial charge on any atom is -0.192 e. The van der Waals surface area contributed by atoms with Gasteiger partial charge >= 0.3 is 0 Å². The van der Waals surface area contributed by atoms with Crippen LogP contribution in [0.5, 0.6) is 0 Å². The van der Waals surface area contributed by atoms with Crippen LogP contribution in [0, 0.1) is 11.3 Å². The van der Waals surface area contributed by atoms with Crippen LogP contribution in [0.1, 0.15) is 16.7 Å². The van der Waals surface area contributed by atoms with Crippen LogP contribution in [-0.2, 0) is 12.8 Å². The lowest BCUT2D eigenvalue weighted by molar-refractivity contribution is 1.13. The van der Waals surface area contributed by atoms with Crippen LogP contribution in [0.25, 0.3) is 12.2 Å². The Hall–Kier alpha value is -2.07. The van der Waals surface area contributed by atoms with Gasteiger partial charge in [-0.25, -0.2) is 0 Å². The lowest BCUT2D eigenvalue weighted by Crippen LogP contribution is -2.26. The number of rotatable bonds is 0. The Bertz CT molecular complexity index is 667. The van der Waals surface area contributed by atoms with Gasteiger partial charge in [-0.15, -0.1) is 0 Å². The van der Waals surface area contributed by atoms with Crippen molar-refractivity contribution < 1.29 is 0 Å². The van der Waals surface area contributed by atoms with E-state index in [1.54, 1.807) is 0 Å². The first-order chi connectivity index (χ1) is 7.90. The van der Waals surface area contributed by atoms with E-state index in [0.29, 0.717) is 0 Å². The number of fused-ring (bicyclic) bond motifs is 2. The average molecular weight is 205 g/mol. The van der Waals surface area contributed by atoms with Gasteiger partial charge in [0.15, 0.2) is 0 Å². The summed E-state index contributed by atoms with van der Waals surface area (Å²) in [5, 5.41) is 11.6. The highest BCUT2D eigenvalue weighted by molar-refractivity contribution is 5.57. The van der Waals surface area contributed by atoms with E-state index >= 15 is 0 Å². The molecule has 0 aliphatic heterocycles. The lowest BCUT2D eigenvalue weighted by Gasteiger charge is -2.12. The zero-order valence-electron chi connectivity index (χ0n) is 8.90. The van der Waals surface area contributed by atoms with Crippen LogP contribution in [0.15, 0.2) is 30.4 Å². The molecule has 0 saturated heterocycles. The summed E-state index contributed by atoms with van der Waals surface area (Å²) in [4.78, 5) is 0. The van der Waals surface area contributed by atoms with Crippen LogP contribution in [0.3, 0.4) is 0 Å². The van der Waals surface area contributed by atoms with E-state index in [1.807, 2.05) is 6.08 Å². The second kappa shape index (κ2) is 3.50. The van der Waals surface area contributed by atoms with Crippen molar-refractivity contribution in [2.45, 2.75) is 12.8 Å². The van der Waals surface area contributed by atoms with Crippen molar-refractivity contribution in [3.63, 3.8) is 0 Å². The number of benzene rings is 1. The summed E-state index contributed by atoms with van der Waals surface area (Å²) >= 11 is 0. The molecular weight excluding hydrogens is 194 g/mol. The summed E-state index contributed by atoms with van der Waals surface area (Å²) in [5.41, 5.74) is 3.30. The van der Waals surface area contributed by atoms with Gasteiger partial charge in [0.25, 0.3) is 0 Å². The minimum atomic E-state index is 0.859. The third kappa shape index (κ3) is 1.24. The van der Waals surface area contributed by atoms with Crippen molar-refractivity contribution in [2.75, 3.05) is 0 Å². The van der Waals surface area contributed by atoms with Crippen LogP contribution < -0.4 is 10.4 Å². The maximum absolute atomic E-state index is 9.32. The molecule has 16 heavy (non-hydrogen) atoms. The number of allylic oxidation sites excluding steroid dienone is 4. The Labute approximate surface area is 94.3 Å². The Morgan fingerprint density at radius 2 is 1.88 bits per heavy atom. The van der Waals surface area contributed by atoms with E-state index in [0.717, 1.165) is 23.6 Å². The number of nitrogens with zero attached hydrogens (tertiary/aromatic N) is 1. The van der Waals surface area contributed by atoms with Crippen molar-refractivity contribution in [3.8, 4) is 6.07 Å². The van der Waals surface area contributed by atoms with Crippen LogP contribution in [0.4, 0.5) is 0 Å². The molecule has 0 radical (unpaired) electrons.